The van der Waals surface area contributed by atoms with Gasteiger partial charge in [-0.1, -0.05) is 19.1 Å². The summed E-state index contributed by atoms with van der Waals surface area (Å²) in [5.41, 5.74) is 0.929. The van der Waals surface area contributed by atoms with E-state index in [0.717, 1.165) is 50.3 Å². The van der Waals surface area contributed by atoms with E-state index in [-0.39, 0.29) is 18.1 Å². The predicted molar refractivity (Wildman–Crippen MR) is 116 cm³/mol. The number of nitrogens with one attached hydrogen (secondary N) is 2. The lowest BCUT2D eigenvalue weighted by atomic mass is 10.1. The molecule has 0 aliphatic carbocycles. The zero-order valence-corrected chi connectivity index (χ0v) is 17.6. The molecule has 0 saturated carbocycles. The molecule has 1 fully saturated rings. The Hall–Kier alpha value is -1.89. The number of rotatable bonds is 9. The van der Waals surface area contributed by atoms with Crippen molar-refractivity contribution in [2.75, 3.05) is 31.6 Å². The smallest absolute Gasteiger partial charge is 0.228 e. The van der Waals surface area contributed by atoms with Gasteiger partial charge < -0.3 is 20.3 Å². The maximum absolute atomic E-state index is 12.8. The van der Waals surface area contributed by atoms with Gasteiger partial charge in [0.05, 0.1) is 0 Å². The number of benzene rings is 1. The van der Waals surface area contributed by atoms with Crippen molar-refractivity contribution in [3.05, 3.63) is 46.7 Å². The molecule has 6 heteroatoms. The fourth-order valence-electron chi connectivity index (χ4n) is 3.68. The van der Waals surface area contributed by atoms with E-state index in [1.54, 1.807) is 11.3 Å². The Bertz CT molecular complexity index is 735. The number of hydrogen-bond acceptors (Lipinski definition) is 5. The van der Waals surface area contributed by atoms with Crippen molar-refractivity contribution in [3.63, 3.8) is 0 Å². The third kappa shape index (κ3) is 5.56. The summed E-state index contributed by atoms with van der Waals surface area (Å²) in [6.07, 6.45) is 3.51. The van der Waals surface area contributed by atoms with Gasteiger partial charge in [-0.05, 0) is 56.6 Å². The van der Waals surface area contributed by atoms with E-state index < -0.39 is 0 Å². The molecule has 1 amide bonds. The molecule has 0 spiro atoms. The fraction of sp³-hybridized carbons (Fsp3) is 0.500. The van der Waals surface area contributed by atoms with E-state index in [0.29, 0.717) is 6.42 Å². The number of carbonyl (C=O) groups is 1. The van der Waals surface area contributed by atoms with Crippen molar-refractivity contribution in [2.45, 2.75) is 44.8 Å². The molecule has 3 rings (SSSR count). The van der Waals surface area contributed by atoms with Crippen molar-refractivity contribution in [2.24, 2.45) is 0 Å². The van der Waals surface area contributed by atoms with Crippen LogP contribution in [-0.4, -0.2) is 38.6 Å². The third-order valence-electron chi connectivity index (χ3n) is 5.07. The number of amides is 1. The molecule has 1 aliphatic heterocycles. The number of nitrogens with zero attached hydrogens (tertiary/aromatic N) is 1. The van der Waals surface area contributed by atoms with Crippen LogP contribution in [0.2, 0.25) is 0 Å². The summed E-state index contributed by atoms with van der Waals surface area (Å²) < 4.78 is 6.34. The number of thiophene rings is 1. The largest absolute Gasteiger partial charge is 0.485 e. The molecule has 28 heavy (non-hydrogen) atoms. The summed E-state index contributed by atoms with van der Waals surface area (Å²) in [5, 5.41) is 8.71. The highest BCUT2D eigenvalue weighted by Gasteiger charge is 2.24. The average Bonchev–Trinajstić information content (AvgIpc) is 3.16. The second-order valence-corrected chi connectivity index (χ2v) is 8.14. The number of hydrogen-bond donors (Lipinski definition) is 2. The van der Waals surface area contributed by atoms with Crippen molar-refractivity contribution >= 4 is 22.9 Å². The molecule has 2 atom stereocenters. The number of carbonyl (C=O) groups excluding carboxylic acids is 1. The third-order valence-corrected chi connectivity index (χ3v) is 6.04. The molecule has 5 nitrogen and oxygen atoms in total. The molecule has 0 radical (unpaired) electrons. The van der Waals surface area contributed by atoms with E-state index in [1.807, 2.05) is 36.2 Å². The Morgan fingerprint density at radius 2 is 2.21 bits per heavy atom. The van der Waals surface area contributed by atoms with Crippen LogP contribution in [0.3, 0.4) is 0 Å². The van der Waals surface area contributed by atoms with E-state index in [4.69, 9.17) is 4.74 Å². The molecule has 2 N–H and O–H groups in total. The summed E-state index contributed by atoms with van der Waals surface area (Å²) in [5.74, 6) is 0.998. The average molecular weight is 402 g/mol. The van der Waals surface area contributed by atoms with Crippen LogP contribution in [0.1, 0.15) is 43.6 Å². The van der Waals surface area contributed by atoms with Crippen LogP contribution >= 0.6 is 11.3 Å². The molecule has 1 unspecified atom stereocenters. The predicted octanol–water partition coefficient (Wildman–Crippen LogP) is 3.97. The molecule has 1 aliphatic rings. The first-order chi connectivity index (χ1) is 13.7. The monoisotopic (exact) mass is 401 g/mol. The van der Waals surface area contributed by atoms with Crippen LogP contribution in [0.4, 0.5) is 5.69 Å². The Labute approximate surface area is 172 Å². The summed E-state index contributed by atoms with van der Waals surface area (Å²) in [7, 11) is 1.96. The summed E-state index contributed by atoms with van der Waals surface area (Å²) in [6.45, 7) is 4.64. The van der Waals surface area contributed by atoms with Gasteiger partial charge in [0.1, 0.15) is 11.9 Å². The zero-order chi connectivity index (χ0) is 19.8. The maximum atomic E-state index is 12.8. The normalized spacial score (nSPS) is 18.7. The second kappa shape index (κ2) is 10.6. The van der Waals surface area contributed by atoms with E-state index in [1.165, 1.54) is 4.88 Å². The van der Waals surface area contributed by atoms with Crippen molar-refractivity contribution in [1.82, 2.24) is 10.6 Å². The minimum absolute atomic E-state index is 0.0145. The van der Waals surface area contributed by atoms with Gasteiger partial charge in [-0.3, -0.25) is 4.79 Å². The van der Waals surface area contributed by atoms with Gasteiger partial charge in [0, 0.05) is 42.1 Å². The van der Waals surface area contributed by atoms with Gasteiger partial charge in [-0.25, -0.2) is 0 Å². The first kappa shape index (κ1) is 20.8. The Kier molecular flexibility index (Phi) is 7.89. The van der Waals surface area contributed by atoms with Crippen molar-refractivity contribution < 1.29 is 9.53 Å². The fourth-order valence-corrected chi connectivity index (χ4v) is 4.47. The highest BCUT2D eigenvalue weighted by atomic mass is 32.1. The molecule has 1 aromatic carbocycles. The van der Waals surface area contributed by atoms with E-state index >= 15 is 0 Å². The van der Waals surface area contributed by atoms with Gasteiger partial charge >= 0.3 is 0 Å². The zero-order valence-electron chi connectivity index (χ0n) is 16.8. The topological polar surface area (TPSA) is 53.6 Å². The van der Waals surface area contributed by atoms with Crippen LogP contribution in [-0.2, 0) is 4.79 Å². The Morgan fingerprint density at radius 3 is 2.96 bits per heavy atom. The quantitative estimate of drug-likeness (QED) is 0.668. The summed E-state index contributed by atoms with van der Waals surface area (Å²) in [4.78, 5) is 15.9. The standard InChI is InChI=1S/C22H31N3O2S/c1-3-24-17-7-5-13-25(22(26)15-17)18-8-4-9-19(16-18)27-20(11-12-23-2)21-10-6-14-28-21/h4,6,8-10,14,16-17,20,23-24H,3,5,7,11-13,15H2,1-2H3/t17-,20?/m1/s1. The highest BCUT2D eigenvalue weighted by Crippen LogP contribution is 2.31. The molecule has 1 aromatic heterocycles. The number of ether oxygens (including phenoxy) is 1. The maximum Gasteiger partial charge on any atom is 0.228 e. The number of anilines is 1. The summed E-state index contributed by atoms with van der Waals surface area (Å²) >= 11 is 1.72. The molecular weight excluding hydrogens is 370 g/mol. The van der Waals surface area contributed by atoms with Crippen LogP contribution in [0.25, 0.3) is 0 Å². The lowest BCUT2D eigenvalue weighted by Gasteiger charge is -2.23. The van der Waals surface area contributed by atoms with E-state index in [2.05, 4.69) is 35.1 Å². The van der Waals surface area contributed by atoms with Gasteiger partial charge in [0.25, 0.3) is 0 Å². The minimum atomic E-state index is 0.0145. The molecule has 152 valence electrons. The molecule has 1 saturated heterocycles. The van der Waals surface area contributed by atoms with Gasteiger partial charge in [-0.2, -0.15) is 0 Å². The highest BCUT2D eigenvalue weighted by molar-refractivity contribution is 7.10. The summed E-state index contributed by atoms with van der Waals surface area (Å²) in [6, 6.07) is 12.4. The van der Waals surface area contributed by atoms with Crippen LogP contribution in [0, 0.1) is 0 Å². The minimum Gasteiger partial charge on any atom is -0.485 e. The first-order valence-corrected chi connectivity index (χ1v) is 11.1. The van der Waals surface area contributed by atoms with Gasteiger partial charge in [0.15, 0.2) is 0 Å². The molecular formula is C22H31N3O2S. The second-order valence-electron chi connectivity index (χ2n) is 7.16. The molecule has 0 bridgehead atoms. The van der Waals surface area contributed by atoms with Crippen LogP contribution in [0.15, 0.2) is 41.8 Å². The van der Waals surface area contributed by atoms with Crippen LogP contribution in [0.5, 0.6) is 5.75 Å². The lowest BCUT2D eigenvalue weighted by molar-refractivity contribution is -0.118. The molecule has 2 heterocycles. The van der Waals surface area contributed by atoms with Crippen LogP contribution < -0.4 is 20.3 Å². The van der Waals surface area contributed by atoms with Gasteiger partial charge in [-0.15, -0.1) is 11.3 Å². The lowest BCUT2D eigenvalue weighted by Crippen LogP contribution is -2.34. The Morgan fingerprint density at radius 1 is 1.32 bits per heavy atom. The molecule has 2 aromatic rings. The van der Waals surface area contributed by atoms with Crippen molar-refractivity contribution in [3.8, 4) is 5.75 Å². The van der Waals surface area contributed by atoms with E-state index in [9.17, 15) is 4.79 Å². The van der Waals surface area contributed by atoms with Gasteiger partial charge in [0.2, 0.25) is 5.91 Å². The van der Waals surface area contributed by atoms with Crippen molar-refractivity contribution in [1.29, 1.82) is 0 Å². The SMILES string of the molecule is CCN[C@@H]1CCCN(c2cccc(OC(CCNC)c3cccs3)c2)C(=O)C1. The Balaban J connectivity index is 1.73. The first-order valence-electron chi connectivity index (χ1n) is 10.2.